The van der Waals surface area contributed by atoms with Crippen molar-refractivity contribution in [1.29, 1.82) is 0 Å². The second-order valence-electron chi connectivity index (χ2n) is 4.53. The van der Waals surface area contributed by atoms with Gasteiger partial charge < -0.3 is 9.73 Å². The maximum absolute atomic E-state index is 13.6. The third-order valence-corrected chi connectivity index (χ3v) is 3.70. The molecule has 0 amide bonds. The molecule has 8 heteroatoms. The third kappa shape index (κ3) is 3.87. The van der Waals surface area contributed by atoms with Gasteiger partial charge in [-0.1, -0.05) is 0 Å². The van der Waals surface area contributed by atoms with Crippen molar-refractivity contribution in [2.24, 2.45) is 5.14 Å². The Morgan fingerprint density at radius 1 is 1.29 bits per heavy atom. The fraction of sp³-hybridized carbons (Fsp3) is 0.231. The largest absolute Gasteiger partial charge is 0.447 e. The molecule has 0 aliphatic heterocycles. The number of hydrogen-bond acceptors (Lipinski definition) is 4. The predicted octanol–water partition coefficient (Wildman–Crippen LogP) is 2.06. The van der Waals surface area contributed by atoms with E-state index in [0.717, 1.165) is 18.2 Å². The van der Waals surface area contributed by atoms with Crippen molar-refractivity contribution in [3.05, 3.63) is 53.3 Å². The molecule has 1 aromatic heterocycles. The van der Waals surface area contributed by atoms with Crippen LogP contribution in [-0.4, -0.2) is 8.42 Å². The number of benzene rings is 1. The zero-order chi connectivity index (χ0) is 15.6. The van der Waals surface area contributed by atoms with Crippen LogP contribution in [0.3, 0.4) is 0 Å². The zero-order valence-electron chi connectivity index (χ0n) is 11.1. The van der Waals surface area contributed by atoms with Gasteiger partial charge in [0.05, 0.1) is 6.54 Å². The quantitative estimate of drug-likeness (QED) is 0.884. The number of hydrogen-bond donors (Lipinski definition) is 2. The van der Waals surface area contributed by atoms with Crippen LogP contribution < -0.4 is 10.5 Å². The van der Waals surface area contributed by atoms with Crippen LogP contribution in [0.25, 0.3) is 0 Å². The highest BCUT2D eigenvalue weighted by atomic mass is 32.2. The van der Waals surface area contributed by atoms with Crippen LogP contribution in [0.2, 0.25) is 0 Å². The Morgan fingerprint density at radius 3 is 2.62 bits per heavy atom. The van der Waals surface area contributed by atoms with E-state index in [1.165, 1.54) is 12.1 Å². The molecule has 1 unspecified atom stereocenters. The van der Waals surface area contributed by atoms with Gasteiger partial charge in [-0.15, -0.1) is 0 Å². The summed E-state index contributed by atoms with van der Waals surface area (Å²) in [6.45, 7) is 1.80. The third-order valence-electron chi connectivity index (χ3n) is 2.92. The Balaban J connectivity index is 2.06. The zero-order valence-corrected chi connectivity index (χ0v) is 12.0. The molecule has 1 atom stereocenters. The van der Waals surface area contributed by atoms with Gasteiger partial charge in [-0.25, -0.2) is 22.3 Å². The lowest BCUT2D eigenvalue weighted by Gasteiger charge is -2.14. The summed E-state index contributed by atoms with van der Waals surface area (Å²) in [7, 11) is -3.89. The van der Waals surface area contributed by atoms with Crippen molar-refractivity contribution in [3.8, 4) is 0 Å². The van der Waals surface area contributed by atoms with Gasteiger partial charge in [0.2, 0.25) is 5.09 Å². The van der Waals surface area contributed by atoms with Crippen LogP contribution in [0, 0.1) is 11.6 Å². The lowest BCUT2D eigenvalue weighted by Crippen LogP contribution is -2.19. The van der Waals surface area contributed by atoms with Gasteiger partial charge in [0.25, 0.3) is 10.0 Å². The molecule has 0 saturated heterocycles. The van der Waals surface area contributed by atoms with E-state index >= 15 is 0 Å². The first kappa shape index (κ1) is 15.6. The highest BCUT2D eigenvalue weighted by Gasteiger charge is 2.15. The average molecular weight is 316 g/mol. The van der Waals surface area contributed by atoms with Crippen molar-refractivity contribution in [2.75, 3.05) is 0 Å². The molecule has 2 rings (SSSR count). The smallest absolute Gasteiger partial charge is 0.271 e. The number of primary sulfonamides is 1. The Kier molecular flexibility index (Phi) is 4.40. The number of sulfonamides is 1. The molecule has 0 aliphatic rings. The van der Waals surface area contributed by atoms with Crippen molar-refractivity contribution in [1.82, 2.24) is 5.32 Å². The van der Waals surface area contributed by atoms with E-state index in [0.29, 0.717) is 5.76 Å². The van der Waals surface area contributed by atoms with E-state index in [1.807, 2.05) is 0 Å². The maximum atomic E-state index is 13.6. The number of furan rings is 1. The predicted molar refractivity (Wildman–Crippen MR) is 71.7 cm³/mol. The number of nitrogens with two attached hydrogens (primary N) is 1. The van der Waals surface area contributed by atoms with Gasteiger partial charge >= 0.3 is 0 Å². The van der Waals surface area contributed by atoms with Crippen molar-refractivity contribution in [3.63, 3.8) is 0 Å². The molecule has 0 fully saturated rings. The molecule has 3 N–H and O–H groups in total. The highest BCUT2D eigenvalue weighted by molar-refractivity contribution is 7.89. The summed E-state index contributed by atoms with van der Waals surface area (Å²) in [6.07, 6.45) is 0. The molecule has 2 aromatic rings. The van der Waals surface area contributed by atoms with Crippen LogP contribution in [-0.2, 0) is 16.6 Å². The van der Waals surface area contributed by atoms with E-state index in [9.17, 15) is 17.2 Å². The first-order valence-corrected chi connectivity index (χ1v) is 7.62. The van der Waals surface area contributed by atoms with E-state index in [-0.39, 0.29) is 17.2 Å². The van der Waals surface area contributed by atoms with Crippen LogP contribution in [0.15, 0.2) is 39.8 Å². The minimum atomic E-state index is -3.89. The fourth-order valence-electron chi connectivity index (χ4n) is 1.82. The molecule has 5 nitrogen and oxygen atoms in total. The van der Waals surface area contributed by atoms with E-state index in [2.05, 4.69) is 5.32 Å². The van der Waals surface area contributed by atoms with Crippen LogP contribution in [0.5, 0.6) is 0 Å². The Hall–Kier alpha value is -1.77. The monoisotopic (exact) mass is 316 g/mol. The van der Waals surface area contributed by atoms with Gasteiger partial charge in [0, 0.05) is 11.6 Å². The molecular weight excluding hydrogens is 302 g/mol. The lowest BCUT2D eigenvalue weighted by molar-refractivity contribution is 0.391. The second kappa shape index (κ2) is 5.92. The number of halogens is 2. The van der Waals surface area contributed by atoms with Crippen LogP contribution in [0.4, 0.5) is 8.78 Å². The molecule has 0 radical (unpaired) electrons. The highest BCUT2D eigenvalue weighted by Crippen LogP contribution is 2.19. The molecule has 0 saturated carbocycles. The van der Waals surface area contributed by atoms with Crippen molar-refractivity contribution < 1.29 is 21.6 Å². The second-order valence-corrected chi connectivity index (χ2v) is 6.03. The van der Waals surface area contributed by atoms with Gasteiger partial charge in [-0.2, -0.15) is 0 Å². The van der Waals surface area contributed by atoms with E-state index < -0.39 is 27.7 Å². The van der Waals surface area contributed by atoms with Crippen molar-refractivity contribution in [2.45, 2.75) is 24.6 Å². The molecule has 0 spiro atoms. The van der Waals surface area contributed by atoms with Gasteiger partial charge in [-0.3, -0.25) is 0 Å². The van der Waals surface area contributed by atoms with Crippen molar-refractivity contribution >= 4 is 10.0 Å². The topological polar surface area (TPSA) is 85.3 Å². The lowest BCUT2D eigenvalue weighted by atomic mass is 10.1. The summed E-state index contributed by atoms with van der Waals surface area (Å²) in [6, 6.07) is 5.39. The Morgan fingerprint density at radius 2 is 2.00 bits per heavy atom. The summed E-state index contributed by atoms with van der Waals surface area (Å²) >= 11 is 0. The summed E-state index contributed by atoms with van der Waals surface area (Å²) in [5.74, 6) is -0.738. The van der Waals surface area contributed by atoms with E-state index in [1.54, 1.807) is 6.92 Å². The molecule has 0 aliphatic carbocycles. The van der Waals surface area contributed by atoms with Crippen LogP contribution in [0.1, 0.15) is 24.3 Å². The van der Waals surface area contributed by atoms with E-state index in [4.69, 9.17) is 9.56 Å². The summed E-state index contributed by atoms with van der Waals surface area (Å²) in [5.41, 5.74) is 0.174. The Bertz CT molecular complexity index is 744. The van der Waals surface area contributed by atoms with Gasteiger partial charge in [0.1, 0.15) is 17.4 Å². The number of nitrogens with one attached hydrogen (secondary N) is 1. The first-order valence-electron chi connectivity index (χ1n) is 6.07. The maximum Gasteiger partial charge on any atom is 0.271 e. The summed E-state index contributed by atoms with van der Waals surface area (Å²) in [4.78, 5) is 0. The Labute approximate surface area is 120 Å². The molecule has 1 heterocycles. The molecule has 0 bridgehead atoms. The normalized spacial score (nSPS) is 13.3. The molecule has 114 valence electrons. The number of rotatable bonds is 5. The molecule has 1 aromatic carbocycles. The first-order chi connectivity index (χ1) is 9.77. The van der Waals surface area contributed by atoms with Gasteiger partial charge in [-0.05, 0) is 37.3 Å². The average Bonchev–Trinajstić information content (AvgIpc) is 2.87. The molecular formula is C13H14F2N2O3S. The minimum absolute atomic E-state index is 0.145. The molecule has 21 heavy (non-hydrogen) atoms. The fourth-order valence-corrected chi connectivity index (χ4v) is 2.30. The standard InChI is InChI=1S/C13H14F2N2O3S/c1-8(11-6-9(14)2-4-12(11)15)17-7-10-3-5-13(20-10)21(16,18)19/h2-6,8,17H,7H2,1H3,(H2,16,18,19). The minimum Gasteiger partial charge on any atom is -0.447 e. The summed E-state index contributed by atoms with van der Waals surface area (Å²) < 4.78 is 53.9. The summed E-state index contributed by atoms with van der Waals surface area (Å²) in [5, 5.41) is 7.49. The van der Waals surface area contributed by atoms with Crippen LogP contribution >= 0.6 is 0 Å². The SMILES string of the molecule is CC(NCc1ccc(S(N)(=O)=O)o1)c1cc(F)ccc1F. The van der Waals surface area contributed by atoms with Gasteiger partial charge in [0.15, 0.2) is 0 Å².